The van der Waals surface area contributed by atoms with Crippen molar-refractivity contribution in [3.8, 4) is 11.1 Å². The van der Waals surface area contributed by atoms with Crippen LogP contribution >= 0.6 is 15.9 Å². The van der Waals surface area contributed by atoms with Gasteiger partial charge in [0, 0.05) is 30.4 Å². The van der Waals surface area contributed by atoms with Gasteiger partial charge in [-0.15, -0.1) is 0 Å². The summed E-state index contributed by atoms with van der Waals surface area (Å²) in [5.74, 6) is 0.990. The van der Waals surface area contributed by atoms with E-state index >= 15 is 0 Å². The van der Waals surface area contributed by atoms with Crippen molar-refractivity contribution < 1.29 is 4.74 Å². The molecule has 1 aliphatic heterocycles. The summed E-state index contributed by atoms with van der Waals surface area (Å²) in [5.41, 5.74) is 2.85. The molecule has 4 rings (SSSR count). The number of fused-ring (bicyclic) bond motifs is 1. The number of halogens is 1. The molecule has 4 heterocycles. The van der Waals surface area contributed by atoms with E-state index in [1.54, 1.807) is 10.7 Å². The normalized spacial score (nSPS) is 15.4. The topological polar surface area (TPSA) is 55.5 Å². The fourth-order valence-electron chi connectivity index (χ4n) is 2.54. The summed E-state index contributed by atoms with van der Waals surface area (Å²) in [6.45, 7) is 3.31. The molecule has 0 aliphatic carbocycles. The Labute approximate surface area is 135 Å². The molecule has 0 saturated carbocycles. The van der Waals surface area contributed by atoms with Crippen LogP contribution in [0.2, 0.25) is 0 Å². The van der Waals surface area contributed by atoms with Crippen LogP contribution < -0.4 is 4.90 Å². The predicted octanol–water partition coefficient (Wildman–Crippen LogP) is 2.39. The number of anilines is 1. The van der Waals surface area contributed by atoms with Gasteiger partial charge in [0.25, 0.3) is 0 Å². The molecule has 3 aromatic rings. The van der Waals surface area contributed by atoms with Crippen molar-refractivity contribution in [3.05, 3.63) is 41.4 Å². The molecule has 0 spiro atoms. The summed E-state index contributed by atoms with van der Waals surface area (Å²) in [4.78, 5) is 11.1. The first-order valence-corrected chi connectivity index (χ1v) is 7.89. The largest absolute Gasteiger partial charge is 0.378 e. The number of rotatable bonds is 2. The third kappa shape index (κ3) is 2.46. The molecular weight excluding hydrogens is 346 g/mol. The van der Waals surface area contributed by atoms with Crippen molar-refractivity contribution >= 4 is 27.4 Å². The minimum absolute atomic E-state index is 0.763. The maximum atomic E-state index is 5.37. The van der Waals surface area contributed by atoms with Crippen molar-refractivity contribution in [2.45, 2.75) is 0 Å². The van der Waals surface area contributed by atoms with Gasteiger partial charge >= 0.3 is 0 Å². The maximum Gasteiger partial charge on any atom is 0.155 e. The molecule has 0 N–H and O–H groups in total. The molecular formula is C15H14BrN5O. The van der Waals surface area contributed by atoms with E-state index in [1.807, 2.05) is 24.5 Å². The maximum absolute atomic E-state index is 5.37. The molecule has 3 aromatic heterocycles. The smallest absolute Gasteiger partial charge is 0.155 e. The highest BCUT2D eigenvalue weighted by atomic mass is 79.9. The van der Waals surface area contributed by atoms with Gasteiger partial charge in [0.05, 0.1) is 25.6 Å². The second-order valence-electron chi connectivity index (χ2n) is 5.10. The Bertz CT molecular complexity index is 795. The van der Waals surface area contributed by atoms with Crippen LogP contribution in [-0.2, 0) is 4.74 Å². The highest BCUT2D eigenvalue weighted by molar-refractivity contribution is 9.10. The zero-order valence-corrected chi connectivity index (χ0v) is 13.4. The van der Waals surface area contributed by atoms with Gasteiger partial charge in [0.2, 0.25) is 0 Å². The highest BCUT2D eigenvalue weighted by Crippen LogP contribution is 2.22. The van der Waals surface area contributed by atoms with Crippen molar-refractivity contribution in [1.29, 1.82) is 0 Å². The van der Waals surface area contributed by atoms with Crippen molar-refractivity contribution in [1.82, 2.24) is 19.6 Å². The number of aromatic nitrogens is 4. The van der Waals surface area contributed by atoms with Gasteiger partial charge in [-0.05, 0) is 34.1 Å². The summed E-state index contributed by atoms with van der Waals surface area (Å²) >= 11 is 3.41. The first-order valence-electron chi connectivity index (χ1n) is 7.10. The summed E-state index contributed by atoms with van der Waals surface area (Å²) in [6, 6.07) is 6.12. The Balaban J connectivity index is 1.63. The number of pyridine rings is 1. The molecule has 1 saturated heterocycles. The average molecular weight is 360 g/mol. The number of morpholine rings is 1. The van der Waals surface area contributed by atoms with Gasteiger partial charge < -0.3 is 9.64 Å². The van der Waals surface area contributed by atoms with E-state index in [-0.39, 0.29) is 0 Å². The van der Waals surface area contributed by atoms with E-state index in [2.05, 4.69) is 42.0 Å². The van der Waals surface area contributed by atoms with E-state index in [1.165, 1.54) is 0 Å². The molecule has 112 valence electrons. The lowest BCUT2D eigenvalue weighted by Crippen LogP contribution is -2.36. The van der Waals surface area contributed by atoms with Gasteiger partial charge in [-0.2, -0.15) is 5.10 Å². The first-order chi connectivity index (χ1) is 10.8. The third-order valence-corrected chi connectivity index (χ3v) is 4.28. The number of hydrogen-bond acceptors (Lipinski definition) is 5. The Morgan fingerprint density at radius 2 is 1.86 bits per heavy atom. The Morgan fingerprint density at radius 1 is 1.00 bits per heavy atom. The molecule has 0 amide bonds. The van der Waals surface area contributed by atoms with Crippen LogP contribution in [-0.4, -0.2) is 45.9 Å². The van der Waals surface area contributed by atoms with E-state index < -0.39 is 0 Å². The molecule has 0 radical (unpaired) electrons. The lowest BCUT2D eigenvalue weighted by molar-refractivity contribution is 0.122. The molecule has 0 atom stereocenters. The van der Waals surface area contributed by atoms with E-state index in [9.17, 15) is 0 Å². The van der Waals surface area contributed by atoms with Crippen molar-refractivity contribution in [3.63, 3.8) is 0 Å². The summed E-state index contributed by atoms with van der Waals surface area (Å²) in [7, 11) is 0. The summed E-state index contributed by atoms with van der Waals surface area (Å²) in [6.07, 6.45) is 5.45. The summed E-state index contributed by atoms with van der Waals surface area (Å²) in [5, 5.41) is 4.38. The van der Waals surface area contributed by atoms with E-state index in [0.717, 1.165) is 53.5 Å². The standard InChI is InChI=1S/C15H14BrN5O/c16-13-10-18-15-7-12(9-19-21(13)15)11-1-2-14(17-8-11)20-3-5-22-6-4-20/h1-2,7-10H,3-6H2. The number of ether oxygens (including phenoxy) is 1. The molecule has 0 unspecified atom stereocenters. The molecule has 1 fully saturated rings. The molecule has 22 heavy (non-hydrogen) atoms. The Morgan fingerprint density at radius 3 is 2.64 bits per heavy atom. The SMILES string of the molecule is Brc1cnc2cc(-c3ccc(N4CCOCC4)nc3)cnn12. The van der Waals surface area contributed by atoms with Crippen LogP contribution in [0.15, 0.2) is 41.4 Å². The van der Waals surface area contributed by atoms with Gasteiger partial charge in [0.15, 0.2) is 5.65 Å². The lowest BCUT2D eigenvalue weighted by atomic mass is 10.1. The van der Waals surface area contributed by atoms with Crippen LogP contribution in [0.25, 0.3) is 16.8 Å². The number of nitrogens with zero attached hydrogens (tertiary/aromatic N) is 5. The second-order valence-corrected chi connectivity index (χ2v) is 5.91. The molecule has 1 aliphatic rings. The number of hydrogen-bond donors (Lipinski definition) is 0. The third-order valence-electron chi connectivity index (χ3n) is 3.74. The molecule has 0 aromatic carbocycles. The molecule has 7 heteroatoms. The highest BCUT2D eigenvalue weighted by Gasteiger charge is 2.12. The van der Waals surface area contributed by atoms with Crippen molar-refractivity contribution in [2.24, 2.45) is 0 Å². The van der Waals surface area contributed by atoms with Crippen LogP contribution in [0.4, 0.5) is 5.82 Å². The average Bonchev–Trinajstić information content (AvgIpc) is 2.96. The quantitative estimate of drug-likeness (QED) is 0.703. The fourth-order valence-corrected chi connectivity index (χ4v) is 2.92. The number of imidazole rings is 1. The van der Waals surface area contributed by atoms with Crippen LogP contribution in [0.5, 0.6) is 0 Å². The van der Waals surface area contributed by atoms with Crippen LogP contribution in [0.1, 0.15) is 0 Å². The molecule has 0 bridgehead atoms. The van der Waals surface area contributed by atoms with Gasteiger partial charge in [0.1, 0.15) is 10.4 Å². The fraction of sp³-hybridized carbons (Fsp3) is 0.267. The second kappa shape index (κ2) is 5.66. The minimum atomic E-state index is 0.763. The zero-order valence-electron chi connectivity index (χ0n) is 11.8. The van der Waals surface area contributed by atoms with Gasteiger partial charge in [-0.1, -0.05) is 0 Å². The Kier molecular flexibility index (Phi) is 3.51. The van der Waals surface area contributed by atoms with E-state index in [4.69, 9.17) is 4.74 Å². The van der Waals surface area contributed by atoms with Gasteiger partial charge in [-0.3, -0.25) is 0 Å². The monoisotopic (exact) mass is 359 g/mol. The minimum Gasteiger partial charge on any atom is -0.378 e. The summed E-state index contributed by atoms with van der Waals surface area (Å²) < 4.78 is 7.96. The van der Waals surface area contributed by atoms with Crippen molar-refractivity contribution in [2.75, 3.05) is 31.2 Å². The zero-order chi connectivity index (χ0) is 14.9. The van der Waals surface area contributed by atoms with E-state index in [0.29, 0.717) is 0 Å². The molecule has 6 nitrogen and oxygen atoms in total. The van der Waals surface area contributed by atoms with Gasteiger partial charge in [-0.25, -0.2) is 14.5 Å². The first kappa shape index (κ1) is 13.7. The lowest BCUT2D eigenvalue weighted by Gasteiger charge is -2.27. The van der Waals surface area contributed by atoms with Crippen LogP contribution in [0, 0.1) is 0 Å². The van der Waals surface area contributed by atoms with Crippen LogP contribution in [0.3, 0.4) is 0 Å². The Hall–Kier alpha value is -1.99. The predicted molar refractivity (Wildman–Crippen MR) is 87.0 cm³/mol.